The number of carbonyl (C=O) groups excluding carboxylic acids is 3. The van der Waals surface area contributed by atoms with Crippen molar-refractivity contribution in [2.24, 2.45) is 0 Å². The summed E-state index contributed by atoms with van der Waals surface area (Å²) in [5.74, 6) is -1.54. The van der Waals surface area contributed by atoms with Gasteiger partial charge in [-0.15, -0.1) is 23.4 Å². The van der Waals surface area contributed by atoms with E-state index in [1.165, 1.54) is 19.6 Å². The van der Waals surface area contributed by atoms with Crippen LogP contribution in [-0.2, 0) is 14.3 Å². The number of anilines is 1. The minimum absolute atomic E-state index is 0.0252. The molecule has 3 aromatic carbocycles. The van der Waals surface area contributed by atoms with Gasteiger partial charge < -0.3 is 9.47 Å². The molecule has 0 spiro atoms. The summed E-state index contributed by atoms with van der Waals surface area (Å²) in [5, 5.41) is -0.898. The smallest absolute Gasteiger partial charge is 0.302 e. The summed E-state index contributed by atoms with van der Waals surface area (Å²) in [6.07, 6.45) is 1.52. The summed E-state index contributed by atoms with van der Waals surface area (Å²) in [5.41, 5.74) is 2.25. The first kappa shape index (κ1) is 30.4. The molecule has 6 rings (SSSR count). The van der Waals surface area contributed by atoms with Crippen LogP contribution in [0.5, 0.6) is 0 Å². The van der Waals surface area contributed by atoms with Gasteiger partial charge in [0.1, 0.15) is 19.0 Å². The van der Waals surface area contributed by atoms with Crippen LogP contribution in [0.4, 0.5) is 5.82 Å². The number of carbonyl (C=O) groups is 3. The maximum absolute atomic E-state index is 13.9. The third-order valence-electron chi connectivity index (χ3n) is 7.34. The number of imide groups is 1. The monoisotopic (exact) mass is 641 g/mol. The molecule has 0 aliphatic carbocycles. The molecule has 1 aliphatic heterocycles. The second-order valence-corrected chi connectivity index (χ2v) is 12.1. The van der Waals surface area contributed by atoms with E-state index < -0.39 is 35.5 Å². The molecular formula is C33H28ClN5O5S. The largest absolute Gasteiger partial charge is 0.463 e. The van der Waals surface area contributed by atoms with Crippen molar-refractivity contribution in [1.29, 1.82) is 0 Å². The molecule has 45 heavy (non-hydrogen) atoms. The number of esters is 1. The SMILES string of the molecule is CC(=O)OC[C@H]1O[C@@H](n2cnc3c(N(C(=O)c4ccccc4)C(=O)c4ccccc4)ncnc32)[C@H](Sc2ccccc2C)[C@H]1Cl. The van der Waals surface area contributed by atoms with Crippen molar-refractivity contribution in [3.8, 4) is 0 Å². The van der Waals surface area contributed by atoms with Gasteiger partial charge in [0.05, 0.1) is 17.0 Å². The number of halogens is 1. The number of ether oxygens (including phenoxy) is 2. The Bertz CT molecular complexity index is 1800. The summed E-state index contributed by atoms with van der Waals surface area (Å²) in [7, 11) is 0. The molecule has 1 saturated heterocycles. The molecule has 0 unspecified atom stereocenters. The fraction of sp³-hybridized carbons (Fsp3) is 0.212. The lowest BCUT2D eigenvalue weighted by molar-refractivity contribution is -0.145. The molecule has 0 radical (unpaired) electrons. The van der Waals surface area contributed by atoms with Crippen LogP contribution in [0.25, 0.3) is 11.2 Å². The lowest BCUT2D eigenvalue weighted by Crippen LogP contribution is -2.38. The molecular weight excluding hydrogens is 614 g/mol. The maximum Gasteiger partial charge on any atom is 0.302 e. The highest BCUT2D eigenvalue weighted by atomic mass is 35.5. The fourth-order valence-corrected chi connectivity index (χ4v) is 6.84. The first-order valence-corrected chi connectivity index (χ1v) is 15.5. The normalized spacial score (nSPS) is 19.4. The van der Waals surface area contributed by atoms with Crippen LogP contribution in [0.15, 0.2) is 102 Å². The van der Waals surface area contributed by atoms with Crippen LogP contribution in [0.3, 0.4) is 0 Å². The number of benzene rings is 3. The van der Waals surface area contributed by atoms with Crippen molar-refractivity contribution < 1.29 is 23.9 Å². The molecule has 12 heteroatoms. The Labute approximate surface area is 268 Å². The molecule has 3 heterocycles. The summed E-state index contributed by atoms with van der Waals surface area (Å²) in [6.45, 7) is 3.32. The standard InChI is InChI=1S/C33H28ClN5O5S/c1-20-11-9-10-16-25(20)45-28-26(34)24(17-43-21(2)40)44-33(28)38-19-37-27-29(38)35-18-36-30(27)39(31(41)22-12-5-3-6-13-22)32(42)23-14-7-4-8-15-23/h3-16,18-19,24,26,28,33H,17H2,1-2H3/t24-,26+,28-,33-/m1/s1. The first-order chi connectivity index (χ1) is 21.8. The summed E-state index contributed by atoms with van der Waals surface area (Å²) in [4.78, 5) is 54.9. The first-order valence-electron chi connectivity index (χ1n) is 14.1. The van der Waals surface area contributed by atoms with Crippen LogP contribution >= 0.6 is 23.4 Å². The summed E-state index contributed by atoms with van der Waals surface area (Å²) >= 11 is 8.54. The van der Waals surface area contributed by atoms with Gasteiger partial charge >= 0.3 is 5.97 Å². The van der Waals surface area contributed by atoms with Crippen LogP contribution in [-0.4, -0.2) is 60.6 Å². The number of rotatable bonds is 8. The Hall–Kier alpha value is -4.58. The van der Waals surface area contributed by atoms with Crippen LogP contribution in [0.1, 0.15) is 39.4 Å². The fourth-order valence-electron chi connectivity index (χ4n) is 5.11. The zero-order chi connectivity index (χ0) is 31.5. The number of aryl methyl sites for hydroxylation is 1. The summed E-state index contributed by atoms with van der Waals surface area (Å²) in [6, 6.07) is 24.9. The van der Waals surface area contributed by atoms with Gasteiger partial charge in [0, 0.05) is 22.9 Å². The third-order valence-corrected chi connectivity index (χ3v) is 9.56. The minimum atomic E-state index is -0.687. The maximum atomic E-state index is 13.9. The van der Waals surface area contributed by atoms with Crippen LogP contribution < -0.4 is 4.90 Å². The molecule has 10 nitrogen and oxygen atoms in total. The number of nitrogens with zero attached hydrogens (tertiary/aromatic N) is 5. The minimum Gasteiger partial charge on any atom is -0.463 e. The van der Waals surface area contributed by atoms with Gasteiger partial charge in [0.15, 0.2) is 23.2 Å². The Balaban J connectivity index is 1.43. The van der Waals surface area contributed by atoms with Gasteiger partial charge in [-0.25, -0.2) is 19.9 Å². The second kappa shape index (κ2) is 13.2. The molecule has 1 fully saturated rings. The third kappa shape index (κ3) is 6.19. The molecule has 228 valence electrons. The topological polar surface area (TPSA) is 117 Å². The number of imidazole rings is 1. The van der Waals surface area contributed by atoms with Gasteiger partial charge in [-0.2, -0.15) is 0 Å². The van der Waals surface area contributed by atoms with Gasteiger partial charge in [0.25, 0.3) is 11.8 Å². The van der Waals surface area contributed by atoms with Crippen molar-refractivity contribution in [3.05, 3.63) is 114 Å². The van der Waals surface area contributed by atoms with Crippen LogP contribution in [0.2, 0.25) is 0 Å². The number of thioether (sulfide) groups is 1. The van der Waals surface area contributed by atoms with E-state index >= 15 is 0 Å². The van der Waals surface area contributed by atoms with E-state index in [1.54, 1.807) is 77.0 Å². The lowest BCUT2D eigenvalue weighted by atomic mass is 10.1. The quantitative estimate of drug-likeness (QED) is 0.117. The predicted molar refractivity (Wildman–Crippen MR) is 170 cm³/mol. The number of amides is 2. The van der Waals surface area contributed by atoms with E-state index in [9.17, 15) is 14.4 Å². The van der Waals surface area contributed by atoms with Gasteiger partial charge in [-0.05, 0) is 42.8 Å². The molecule has 0 bridgehead atoms. The predicted octanol–water partition coefficient (Wildman–Crippen LogP) is 5.85. The number of hydrogen-bond acceptors (Lipinski definition) is 9. The van der Waals surface area contributed by atoms with Crippen molar-refractivity contribution in [2.75, 3.05) is 11.5 Å². The molecule has 2 aromatic heterocycles. The van der Waals surface area contributed by atoms with Crippen molar-refractivity contribution in [1.82, 2.24) is 19.5 Å². The highest BCUT2D eigenvalue weighted by Crippen LogP contribution is 2.45. The highest BCUT2D eigenvalue weighted by molar-refractivity contribution is 8.00. The highest BCUT2D eigenvalue weighted by Gasteiger charge is 2.46. The van der Waals surface area contributed by atoms with Crippen LogP contribution in [0, 0.1) is 6.92 Å². The van der Waals surface area contributed by atoms with E-state index in [2.05, 4.69) is 15.0 Å². The molecule has 5 aromatic rings. The van der Waals surface area contributed by atoms with Crippen molar-refractivity contribution in [2.45, 2.75) is 41.7 Å². The van der Waals surface area contributed by atoms with Crippen molar-refractivity contribution >= 4 is 58.1 Å². The molecule has 1 aliphatic rings. The molecule has 4 atom stereocenters. The lowest BCUT2D eigenvalue weighted by Gasteiger charge is -2.22. The summed E-state index contributed by atoms with van der Waals surface area (Å²) < 4.78 is 13.4. The Kier molecular flexibility index (Phi) is 8.92. The zero-order valence-electron chi connectivity index (χ0n) is 24.3. The average Bonchev–Trinajstić information content (AvgIpc) is 3.63. The van der Waals surface area contributed by atoms with Crippen molar-refractivity contribution in [3.63, 3.8) is 0 Å². The van der Waals surface area contributed by atoms with Gasteiger partial charge in [0.2, 0.25) is 0 Å². The second-order valence-electron chi connectivity index (χ2n) is 10.4. The number of fused-ring (bicyclic) bond motifs is 1. The number of alkyl halides is 1. The molecule has 2 amide bonds. The van der Waals surface area contributed by atoms with Gasteiger partial charge in [-0.1, -0.05) is 54.6 Å². The zero-order valence-corrected chi connectivity index (χ0v) is 25.9. The van der Waals surface area contributed by atoms with Gasteiger partial charge in [-0.3, -0.25) is 19.0 Å². The number of hydrogen-bond donors (Lipinski definition) is 0. The molecule has 0 saturated carbocycles. The Morgan fingerprint density at radius 2 is 1.53 bits per heavy atom. The van der Waals surface area contributed by atoms with E-state index in [1.807, 2.05) is 31.2 Å². The van der Waals surface area contributed by atoms with E-state index in [0.717, 1.165) is 15.4 Å². The Morgan fingerprint density at radius 3 is 2.16 bits per heavy atom. The Morgan fingerprint density at radius 1 is 0.911 bits per heavy atom. The number of aromatic nitrogens is 4. The van der Waals surface area contributed by atoms with E-state index in [-0.39, 0.29) is 23.2 Å². The van der Waals surface area contributed by atoms with E-state index in [4.69, 9.17) is 21.1 Å². The molecule has 0 N–H and O–H groups in total. The van der Waals surface area contributed by atoms with E-state index in [0.29, 0.717) is 16.8 Å². The average molecular weight is 642 g/mol.